The first-order chi connectivity index (χ1) is 21.3. The van der Waals surface area contributed by atoms with Crippen molar-refractivity contribution in [1.82, 2.24) is 15.3 Å². The molecule has 11 heteroatoms. The Hall–Kier alpha value is -3.11. The van der Waals surface area contributed by atoms with Crippen LogP contribution in [-0.2, 0) is 11.2 Å². The van der Waals surface area contributed by atoms with E-state index in [0.29, 0.717) is 21.6 Å². The van der Waals surface area contributed by atoms with Crippen molar-refractivity contribution >= 4 is 40.9 Å². The van der Waals surface area contributed by atoms with Gasteiger partial charge in [0.1, 0.15) is 17.4 Å². The van der Waals surface area contributed by atoms with E-state index in [9.17, 15) is 9.18 Å². The quantitative estimate of drug-likeness (QED) is 0.139. The minimum absolute atomic E-state index is 0.0278. The second-order valence-electron chi connectivity index (χ2n) is 12.6. The third-order valence-electron chi connectivity index (χ3n) is 8.42. The van der Waals surface area contributed by atoms with Gasteiger partial charge in [0.2, 0.25) is 0 Å². The zero-order valence-electron chi connectivity index (χ0n) is 25.9. The molecule has 1 aliphatic rings. The predicted octanol–water partition coefficient (Wildman–Crippen LogP) is 8.26. The van der Waals surface area contributed by atoms with E-state index in [1.54, 1.807) is 25.3 Å². The predicted molar refractivity (Wildman–Crippen MR) is 177 cm³/mol. The van der Waals surface area contributed by atoms with E-state index < -0.39 is 11.2 Å². The normalized spacial score (nSPS) is 16.4. The minimum atomic E-state index is -0.599. The number of halogens is 4. The standard InChI is InChI=1S/C34H36Cl2F2N4O2S/c1-34(2,22-10-13-26(35)29(17-22)44-5)31-30(20-8-11-23(37)12-9-20)40-33(41-31)45-19-25-27(36)15-21(16-28(25)38)32(43)39-24-7-6-14-42(3,4)18-24/h8-13,15-17,24H,6-7,14,18-19H2,1-5H3,(H-,39,40,41,43)/p+1/t24-/m0/s1. The first-order valence-corrected chi connectivity index (χ1v) is 16.5. The SMILES string of the molecule is COc1cc(C(C)(C)c2[nH]c(SCc3c(F)cc(C(=O)N[C@H]4CCC[N+](C)(C)C4)cc3Cl)nc2-c2ccc(F)cc2)ccc1Cl. The summed E-state index contributed by atoms with van der Waals surface area (Å²) in [6.07, 6.45) is 1.91. The number of aromatic nitrogens is 2. The summed E-state index contributed by atoms with van der Waals surface area (Å²) in [6.45, 7) is 5.97. The van der Waals surface area contributed by atoms with Gasteiger partial charge in [-0.3, -0.25) is 4.79 Å². The number of quaternary nitrogens is 1. The Kier molecular flexibility index (Phi) is 9.84. The van der Waals surface area contributed by atoms with Gasteiger partial charge in [-0.25, -0.2) is 13.8 Å². The lowest BCUT2D eigenvalue weighted by atomic mass is 9.79. The molecule has 1 aromatic heterocycles. The van der Waals surface area contributed by atoms with Crippen LogP contribution in [0.25, 0.3) is 11.3 Å². The van der Waals surface area contributed by atoms with Gasteiger partial charge in [0, 0.05) is 32.9 Å². The molecule has 1 amide bonds. The molecular weight excluding hydrogens is 637 g/mol. The number of ether oxygens (including phenoxy) is 1. The molecule has 6 nitrogen and oxygen atoms in total. The number of aromatic amines is 1. The Bertz CT molecular complexity index is 1690. The number of carbonyl (C=O) groups is 1. The fourth-order valence-corrected chi connectivity index (χ4v) is 7.28. The zero-order valence-corrected chi connectivity index (χ0v) is 28.3. The lowest BCUT2D eigenvalue weighted by molar-refractivity contribution is -0.896. The number of H-pyrrole nitrogens is 1. The van der Waals surface area contributed by atoms with Crippen LogP contribution in [0, 0.1) is 11.6 Å². The van der Waals surface area contributed by atoms with Crippen molar-refractivity contribution < 1.29 is 22.8 Å². The molecular formula is C34H37Cl2F2N4O2S+. The molecule has 1 atom stereocenters. The van der Waals surface area contributed by atoms with Gasteiger partial charge in [-0.15, -0.1) is 0 Å². The molecule has 0 bridgehead atoms. The Labute approximate surface area is 277 Å². The molecule has 0 radical (unpaired) electrons. The monoisotopic (exact) mass is 673 g/mol. The summed E-state index contributed by atoms with van der Waals surface area (Å²) in [5.41, 5.74) is 2.94. The Morgan fingerprint density at radius 2 is 1.84 bits per heavy atom. The summed E-state index contributed by atoms with van der Waals surface area (Å²) in [4.78, 5) is 21.3. The molecule has 45 heavy (non-hydrogen) atoms. The van der Waals surface area contributed by atoms with E-state index >= 15 is 4.39 Å². The molecule has 1 saturated heterocycles. The third-order valence-corrected chi connectivity index (χ3v) is 9.97. The lowest BCUT2D eigenvalue weighted by Crippen LogP contribution is -2.55. The molecule has 0 saturated carbocycles. The fourth-order valence-electron chi connectivity index (χ4n) is 5.83. The Morgan fingerprint density at radius 1 is 1.11 bits per heavy atom. The van der Waals surface area contributed by atoms with Crippen molar-refractivity contribution in [3.05, 3.63) is 98.7 Å². The van der Waals surface area contributed by atoms with Crippen molar-refractivity contribution in [1.29, 1.82) is 0 Å². The van der Waals surface area contributed by atoms with Gasteiger partial charge in [-0.05, 0) is 66.9 Å². The van der Waals surface area contributed by atoms with E-state index in [0.717, 1.165) is 47.2 Å². The van der Waals surface area contributed by atoms with Crippen LogP contribution in [0.15, 0.2) is 59.8 Å². The number of hydrogen-bond acceptors (Lipinski definition) is 4. The number of hydrogen-bond donors (Lipinski definition) is 2. The number of thioether (sulfide) groups is 1. The number of nitrogens with zero attached hydrogens (tertiary/aromatic N) is 2. The van der Waals surface area contributed by atoms with Crippen LogP contribution in [0.5, 0.6) is 5.75 Å². The molecule has 2 N–H and O–H groups in total. The topological polar surface area (TPSA) is 67.0 Å². The van der Waals surface area contributed by atoms with Crippen LogP contribution >= 0.6 is 35.0 Å². The minimum Gasteiger partial charge on any atom is -0.495 e. The van der Waals surface area contributed by atoms with Crippen molar-refractivity contribution in [3.8, 4) is 17.0 Å². The first kappa shape index (κ1) is 33.3. The summed E-state index contributed by atoms with van der Waals surface area (Å²) < 4.78 is 35.5. The number of carbonyl (C=O) groups excluding carboxylic acids is 1. The number of imidazole rings is 1. The maximum atomic E-state index is 15.4. The van der Waals surface area contributed by atoms with Gasteiger partial charge in [0.05, 0.1) is 56.7 Å². The summed E-state index contributed by atoms with van der Waals surface area (Å²) >= 11 is 14.1. The maximum absolute atomic E-state index is 15.4. The van der Waals surface area contributed by atoms with Gasteiger partial charge >= 0.3 is 0 Å². The number of likely N-dealkylation sites (N-methyl/N-ethyl adjacent to an activating group) is 1. The Balaban J connectivity index is 1.40. The molecule has 0 aliphatic carbocycles. The smallest absolute Gasteiger partial charge is 0.251 e. The van der Waals surface area contributed by atoms with Crippen LogP contribution in [0.2, 0.25) is 10.0 Å². The molecule has 2 heterocycles. The van der Waals surface area contributed by atoms with E-state index in [1.165, 1.54) is 36.0 Å². The average molecular weight is 675 g/mol. The largest absolute Gasteiger partial charge is 0.495 e. The molecule has 1 fully saturated rings. The zero-order chi connectivity index (χ0) is 32.5. The highest BCUT2D eigenvalue weighted by Gasteiger charge is 2.32. The summed E-state index contributed by atoms with van der Waals surface area (Å²) in [5, 5.41) is 4.25. The average Bonchev–Trinajstić information content (AvgIpc) is 3.42. The second kappa shape index (κ2) is 13.3. The molecule has 0 unspecified atom stereocenters. The first-order valence-electron chi connectivity index (χ1n) is 14.7. The van der Waals surface area contributed by atoms with Crippen LogP contribution < -0.4 is 10.1 Å². The number of amides is 1. The summed E-state index contributed by atoms with van der Waals surface area (Å²) in [6, 6.07) is 14.5. The number of rotatable bonds is 9. The maximum Gasteiger partial charge on any atom is 0.251 e. The van der Waals surface area contributed by atoms with E-state index in [-0.39, 0.29) is 39.7 Å². The van der Waals surface area contributed by atoms with E-state index in [4.69, 9.17) is 32.9 Å². The number of likely N-dealkylation sites (tertiary alicyclic amines) is 1. The number of nitrogens with one attached hydrogen (secondary N) is 2. The number of benzene rings is 3. The number of piperidine rings is 1. The number of methoxy groups -OCH3 is 1. The van der Waals surface area contributed by atoms with Crippen molar-refractivity contribution in [3.63, 3.8) is 0 Å². The van der Waals surface area contributed by atoms with E-state index in [1.807, 2.05) is 26.0 Å². The van der Waals surface area contributed by atoms with Gasteiger partial charge in [-0.1, -0.05) is 54.9 Å². The highest BCUT2D eigenvalue weighted by molar-refractivity contribution is 7.98. The van der Waals surface area contributed by atoms with Gasteiger partial charge in [0.25, 0.3) is 5.91 Å². The lowest BCUT2D eigenvalue weighted by Gasteiger charge is -2.38. The molecule has 3 aromatic carbocycles. The Morgan fingerprint density at radius 3 is 2.51 bits per heavy atom. The van der Waals surface area contributed by atoms with Crippen molar-refractivity contribution in [2.24, 2.45) is 0 Å². The fraction of sp³-hybridized carbons (Fsp3) is 0.353. The van der Waals surface area contributed by atoms with Crippen LogP contribution in [0.1, 0.15) is 53.9 Å². The highest BCUT2D eigenvalue weighted by Crippen LogP contribution is 2.41. The van der Waals surface area contributed by atoms with Crippen molar-refractivity contribution in [2.45, 2.75) is 49.1 Å². The highest BCUT2D eigenvalue weighted by atomic mass is 35.5. The second-order valence-corrected chi connectivity index (χ2v) is 14.4. The van der Waals surface area contributed by atoms with E-state index in [2.05, 4.69) is 24.4 Å². The van der Waals surface area contributed by atoms with Gasteiger partial charge in [-0.2, -0.15) is 0 Å². The molecule has 1 aliphatic heterocycles. The van der Waals surface area contributed by atoms with Gasteiger partial charge < -0.3 is 19.5 Å². The molecule has 4 aromatic rings. The third kappa shape index (κ3) is 7.49. The molecule has 5 rings (SSSR count). The molecule has 0 spiro atoms. The van der Waals surface area contributed by atoms with Crippen molar-refractivity contribution in [2.75, 3.05) is 34.3 Å². The van der Waals surface area contributed by atoms with Crippen LogP contribution in [0.3, 0.4) is 0 Å². The summed E-state index contributed by atoms with van der Waals surface area (Å²) in [7, 11) is 5.84. The van der Waals surface area contributed by atoms with Crippen LogP contribution in [0.4, 0.5) is 8.78 Å². The summed E-state index contributed by atoms with van der Waals surface area (Å²) in [5.74, 6) is -0.521. The molecule has 238 valence electrons. The van der Waals surface area contributed by atoms with Crippen LogP contribution in [-0.4, -0.2) is 60.7 Å². The van der Waals surface area contributed by atoms with Gasteiger partial charge in [0.15, 0.2) is 5.16 Å².